The number of hydrogen-bond donors (Lipinski definition) is 1. The number of nitrogens with one attached hydrogen (secondary N) is 1. The number of esters is 1. The van der Waals surface area contributed by atoms with E-state index in [9.17, 15) is 19.7 Å². The molecule has 0 saturated carbocycles. The summed E-state index contributed by atoms with van der Waals surface area (Å²) in [7, 11) is 0. The quantitative estimate of drug-likeness (QED) is 0.448. The number of non-ortho nitro benzene ring substituents is 1. The second-order valence-corrected chi connectivity index (χ2v) is 6.72. The summed E-state index contributed by atoms with van der Waals surface area (Å²) in [5.41, 5.74) is 0.959. The summed E-state index contributed by atoms with van der Waals surface area (Å²) in [6, 6.07) is 10.6. The summed E-state index contributed by atoms with van der Waals surface area (Å²) in [6.45, 7) is 1.01. The zero-order chi connectivity index (χ0) is 20.1. The highest BCUT2D eigenvalue weighted by atomic mass is 35.5. The number of carbonyl (C=O) groups excluding carboxylic acids is 2. The Hall–Kier alpha value is -3.13. The summed E-state index contributed by atoms with van der Waals surface area (Å²) in [4.78, 5) is 37.0. The molecule has 1 saturated heterocycles. The molecule has 1 aliphatic heterocycles. The third-order valence-corrected chi connectivity index (χ3v) is 4.57. The lowest BCUT2D eigenvalue weighted by Crippen LogP contribution is -2.24. The Morgan fingerprint density at radius 3 is 2.46 bits per heavy atom. The fourth-order valence-electron chi connectivity index (χ4n) is 2.97. The lowest BCUT2D eigenvalue weighted by molar-refractivity contribution is -0.384. The molecule has 28 heavy (non-hydrogen) atoms. The first kappa shape index (κ1) is 19.6. The van der Waals surface area contributed by atoms with E-state index in [1.807, 2.05) is 4.90 Å². The van der Waals surface area contributed by atoms with E-state index in [1.165, 1.54) is 12.1 Å². The molecule has 1 heterocycles. The Kier molecular flexibility index (Phi) is 6.10. The number of anilines is 2. The molecule has 1 aliphatic rings. The first-order chi connectivity index (χ1) is 13.4. The van der Waals surface area contributed by atoms with Crippen LogP contribution in [0.5, 0.6) is 0 Å². The van der Waals surface area contributed by atoms with Crippen LogP contribution < -0.4 is 10.2 Å². The summed E-state index contributed by atoms with van der Waals surface area (Å²) in [5.74, 6) is -1.30. The molecule has 1 N–H and O–H groups in total. The van der Waals surface area contributed by atoms with Gasteiger partial charge in [-0.2, -0.15) is 0 Å². The zero-order valence-corrected chi connectivity index (χ0v) is 15.6. The highest BCUT2D eigenvalue weighted by Gasteiger charge is 2.24. The van der Waals surface area contributed by atoms with Crippen molar-refractivity contribution in [3.63, 3.8) is 0 Å². The average molecular weight is 404 g/mol. The maximum Gasteiger partial charge on any atom is 0.341 e. The maximum atomic E-state index is 12.5. The molecule has 0 aliphatic carbocycles. The van der Waals surface area contributed by atoms with Crippen molar-refractivity contribution in [3.8, 4) is 0 Å². The number of carbonyl (C=O) groups is 2. The van der Waals surface area contributed by atoms with Crippen molar-refractivity contribution in [2.75, 3.05) is 29.9 Å². The van der Waals surface area contributed by atoms with Crippen LogP contribution in [-0.2, 0) is 9.53 Å². The highest BCUT2D eigenvalue weighted by Crippen LogP contribution is 2.29. The van der Waals surface area contributed by atoms with E-state index in [0.717, 1.165) is 25.9 Å². The van der Waals surface area contributed by atoms with Crippen molar-refractivity contribution in [3.05, 3.63) is 63.2 Å². The Balaban J connectivity index is 1.69. The number of amides is 1. The van der Waals surface area contributed by atoms with E-state index in [2.05, 4.69) is 5.32 Å². The average Bonchev–Trinajstić information content (AvgIpc) is 3.22. The van der Waals surface area contributed by atoms with Crippen LogP contribution >= 0.6 is 11.6 Å². The van der Waals surface area contributed by atoms with Crippen LogP contribution in [-0.4, -0.2) is 36.5 Å². The molecule has 0 bridgehead atoms. The van der Waals surface area contributed by atoms with Crippen LogP contribution in [0.15, 0.2) is 42.5 Å². The molecule has 0 radical (unpaired) electrons. The molecule has 0 spiro atoms. The molecule has 146 valence electrons. The minimum absolute atomic E-state index is 0.0791. The number of halogens is 1. The van der Waals surface area contributed by atoms with E-state index in [4.69, 9.17) is 16.3 Å². The molecule has 1 fully saturated rings. The highest BCUT2D eigenvalue weighted by molar-refractivity contribution is 6.30. The third kappa shape index (κ3) is 4.77. The van der Waals surface area contributed by atoms with Crippen molar-refractivity contribution >= 4 is 40.5 Å². The van der Waals surface area contributed by atoms with Crippen LogP contribution in [0.1, 0.15) is 23.2 Å². The number of rotatable bonds is 6. The van der Waals surface area contributed by atoms with Crippen molar-refractivity contribution in [1.29, 1.82) is 0 Å². The SMILES string of the molecule is O=C(COC(=O)c1cc([N+](=O)[O-])ccc1N1CCCC1)Nc1ccc(Cl)cc1. The van der Waals surface area contributed by atoms with Crippen molar-refractivity contribution in [2.45, 2.75) is 12.8 Å². The minimum Gasteiger partial charge on any atom is -0.452 e. The lowest BCUT2D eigenvalue weighted by Gasteiger charge is -2.20. The van der Waals surface area contributed by atoms with Crippen molar-refractivity contribution in [1.82, 2.24) is 0 Å². The van der Waals surface area contributed by atoms with Gasteiger partial charge >= 0.3 is 5.97 Å². The van der Waals surface area contributed by atoms with Gasteiger partial charge in [0, 0.05) is 35.9 Å². The van der Waals surface area contributed by atoms with Gasteiger partial charge in [0.2, 0.25) is 0 Å². The van der Waals surface area contributed by atoms with Gasteiger partial charge < -0.3 is 15.0 Å². The summed E-state index contributed by atoms with van der Waals surface area (Å²) >= 11 is 5.79. The first-order valence-corrected chi connectivity index (χ1v) is 9.08. The van der Waals surface area contributed by atoms with Crippen LogP contribution in [0.25, 0.3) is 0 Å². The Morgan fingerprint density at radius 1 is 1.14 bits per heavy atom. The molecule has 9 heteroatoms. The predicted molar refractivity (Wildman–Crippen MR) is 105 cm³/mol. The van der Waals surface area contributed by atoms with Gasteiger partial charge in [0.25, 0.3) is 11.6 Å². The Labute approximate surface area is 166 Å². The van der Waals surface area contributed by atoms with Gasteiger partial charge in [0.1, 0.15) is 0 Å². The van der Waals surface area contributed by atoms with E-state index in [0.29, 0.717) is 16.4 Å². The number of benzene rings is 2. The van der Waals surface area contributed by atoms with Gasteiger partial charge in [0.15, 0.2) is 6.61 Å². The Bertz CT molecular complexity index is 895. The first-order valence-electron chi connectivity index (χ1n) is 8.70. The molecule has 0 atom stereocenters. The number of nitrogens with zero attached hydrogens (tertiary/aromatic N) is 2. The topological polar surface area (TPSA) is 102 Å². The zero-order valence-electron chi connectivity index (χ0n) is 14.9. The standard InChI is InChI=1S/C19H18ClN3O5/c20-13-3-5-14(6-4-13)21-18(24)12-28-19(25)16-11-15(23(26)27)7-8-17(16)22-9-1-2-10-22/h3-8,11H,1-2,9-10,12H2,(H,21,24). The largest absolute Gasteiger partial charge is 0.452 e. The molecule has 2 aromatic rings. The van der Waals surface area contributed by atoms with Gasteiger partial charge in [-0.15, -0.1) is 0 Å². The molecular weight excluding hydrogens is 386 g/mol. The van der Waals surface area contributed by atoms with Crippen LogP contribution in [0.4, 0.5) is 17.1 Å². The number of nitro benzene ring substituents is 1. The molecule has 8 nitrogen and oxygen atoms in total. The molecular formula is C19H18ClN3O5. The molecule has 3 rings (SSSR count). The number of hydrogen-bond acceptors (Lipinski definition) is 6. The van der Waals surface area contributed by atoms with E-state index >= 15 is 0 Å². The van der Waals surface area contributed by atoms with E-state index < -0.39 is 23.4 Å². The number of ether oxygens (including phenoxy) is 1. The monoisotopic (exact) mass is 403 g/mol. The minimum atomic E-state index is -0.781. The van der Waals surface area contributed by atoms with Gasteiger partial charge in [-0.25, -0.2) is 4.79 Å². The smallest absolute Gasteiger partial charge is 0.341 e. The summed E-state index contributed by atoms with van der Waals surface area (Å²) in [5, 5.41) is 14.2. The second-order valence-electron chi connectivity index (χ2n) is 6.28. The Morgan fingerprint density at radius 2 is 1.82 bits per heavy atom. The molecule has 0 aromatic heterocycles. The van der Waals surface area contributed by atoms with Crippen molar-refractivity contribution in [2.24, 2.45) is 0 Å². The van der Waals surface area contributed by atoms with E-state index in [-0.39, 0.29) is 11.3 Å². The lowest BCUT2D eigenvalue weighted by atomic mass is 10.1. The summed E-state index contributed by atoms with van der Waals surface area (Å²) < 4.78 is 5.09. The van der Waals surface area contributed by atoms with Gasteiger partial charge in [0.05, 0.1) is 16.2 Å². The second kappa shape index (κ2) is 8.71. The van der Waals surface area contributed by atoms with Crippen molar-refractivity contribution < 1.29 is 19.2 Å². The van der Waals surface area contributed by atoms with Gasteiger partial charge in [-0.3, -0.25) is 14.9 Å². The normalized spacial score (nSPS) is 13.2. The molecule has 0 unspecified atom stereocenters. The van der Waals surface area contributed by atoms with Crippen LogP contribution in [0.2, 0.25) is 5.02 Å². The van der Waals surface area contributed by atoms with Gasteiger partial charge in [-0.1, -0.05) is 11.6 Å². The molecule has 2 aromatic carbocycles. The van der Waals surface area contributed by atoms with Crippen LogP contribution in [0, 0.1) is 10.1 Å². The predicted octanol–water partition coefficient (Wildman–Crippen LogP) is 3.64. The fraction of sp³-hybridized carbons (Fsp3) is 0.263. The molecule has 1 amide bonds. The number of nitro groups is 1. The fourth-order valence-corrected chi connectivity index (χ4v) is 3.10. The summed E-state index contributed by atoms with van der Waals surface area (Å²) in [6.07, 6.45) is 1.96. The maximum absolute atomic E-state index is 12.5. The van der Waals surface area contributed by atoms with Gasteiger partial charge in [-0.05, 0) is 43.2 Å². The van der Waals surface area contributed by atoms with Crippen LogP contribution in [0.3, 0.4) is 0 Å². The van der Waals surface area contributed by atoms with E-state index in [1.54, 1.807) is 30.3 Å². The third-order valence-electron chi connectivity index (χ3n) is 4.32.